The zero-order chi connectivity index (χ0) is 25.9. The SMILES string of the molecule is COc1cncc2c1C1(O)C(O)C(CN(C)C)C(c3ccccc3)C1(c1ccc(C(F)(F)F)cc1)O2. The van der Waals surface area contributed by atoms with Crippen LogP contribution >= 0.6 is 0 Å². The summed E-state index contributed by atoms with van der Waals surface area (Å²) in [5.41, 5.74) is -3.20. The van der Waals surface area contributed by atoms with Gasteiger partial charge < -0.3 is 24.6 Å². The number of ether oxygens (including phenoxy) is 2. The Morgan fingerprint density at radius 1 is 1.06 bits per heavy atom. The molecule has 2 N–H and O–H groups in total. The topological polar surface area (TPSA) is 75.0 Å². The van der Waals surface area contributed by atoms with E-state index in [0.717, 1.165) is 17.7 Å². The summed E-state index contributed by atoms with van der Waals surface area (Å²) in [6, 6.07) is 13.9. The van der Waals surface area contributed by atoms with E-state index >= 15 is 0 Å². The van der Waals surface area contributed by atoms with Crippen molar-refractivity contribution in [3.63, 3.8) is 0 Å². The van der Waals surface area contributed by atoms with Gasteiger partial charge in [0.15, 0.2) is 11.2 Å². The lowest BCUT2D eigenvalue weighted by molar-refractivity contribution is -0.152. The predicted molar refractivity (Wildman–Crippen MR) is 126 cm³/mol. The zero-order valence-corrected chi connectivity index (χ0v) is 20.0. The summed E-state index contributed by atoms with van der Waals surface area (Å²) in [6.07, 6.45) is -3.02. The molecule has 9 heteroatoms. The van der Waals surface area contributed by atoms with E-state index in [2.05, 4.69) is 4.98 Å². The maximum absolute atomic E-state index is 13.4. The molecular weight excluding hydrogens is 473 g/mol. The second-order valence-electron chi connectivity index (χ2n) is 9.65. The van der Waals surface area contributed by atoms with Crippen LogP contribution in [0.15, 0.2) is 67.0 Å². The second-order valence-corrected chi connectivity index (χ2v) is 9.65. The predicted octanol–water partition coefficient (Wildman–Crippen LogP) is 3.92. The van der Waals surface area contributed by atoms with Crippen LogP contribution in [0.4, 0.5) is 13.2 Å². The first-order chi connectivity index (χ1) is 17.1. The summed E-state index contributed by atoms with van der Waals surface area (Å²) in [5, 5.41) is 24.5. The first-order valence-electron chi connectivity index (χ1n) is 11.5. The van der Waals surface area contributed by atoms with E-state index in [1.54, 1.807) is 0 Å². The first-order valence-corrected chi connectivity index (χ1v) is 11.5. The van der Waals surface area contributed by atoms with Crippen LogP contribution in [0, 0.1) is 5.92 Å². The minimum atomic E-state index is -4.53. The number of hydrogen-bond donors (Lipinski definition) is 2. The number of nitrogens with zero attached hydrogens (tertiary/aromatic N) is 2. The minimum absolute atomic E-state index is 0.208. The van der Waals surface area contributed by atoms with Crippen LogP contribution in [0.1, 0.15) is 28.2 Å². The molecule has 5 rings (SSSR count). The number of rotatable bonds is 5. The molecule has 1 aromatic heterocycles. The lowest BCUT2D eigenvalue weighted by Gasteiger charge is -2.41. The summed E-state index contributed by atoms with van der Waals surface area (Å²) < 4.78 is 52.3. The molecular formula is C27H27F3N2O4. The maximum atomic E-state index is 13.4. The Morgan fingerprint density at radius 3 is 2.31 bits per heavy atom. The molecule has 1 fully saturated rings. The van der Waals surface area contributed by atoms with E-state index in [1.165, 1.54) is 31.6 Å². The molecule has 6 nitrogen and oxygen atoms in total. The number of aliphatic hydroxyl groups excluding tert-OH is 1. The number of fused-ring (bicyclic) bond motifs is 3. The number of aromatic nitrogens is 1. The molecule has 5 unspecified atom stereocenters. The van der Waals surface area contributed by atoms with Gasteiger partial charge in [-0.15, -0.1) is 0 Å². The smallest absolute Gasteiger partial charge is 0.416 e. The van der Waals surface area contributed by atoms with E-state index in [9.17, 15) is 23.4 Å². The number of aliphatic hydroxyl groups is 2. The van der Waals surface area contributed by atoms with Crippen LogP contribution in [0.25, 0.3) is 0 Å². The lowest BCUT2D eigenvalue weighted by Crippen LogP contribution is -2.52. The highest BCUT2D eigenvalue weighted by molar-refractivity contribution is 5.59. The molecule has 5 atom stereocenters. The van der Waals surface area contributed by atoms with Gasteiger partial charge in [0, 0.05) is 18.4 Å². The molecule has 0 radical (unpaired) electrons. The van der Waals surface area contributed by atoms with Crippen molar-refractivity contribution >= 4 is 0 Å². The van der Waals surface area contributed by atoms with Crippen molar-refractivity contribution in [2.24, 2.45) is 5.92 Å². The third-order valence-electron chi connectivity index (χ3n) is 7.39. The van der Waals surface area contributed by atoms with Crippen molar-refractivity contribution in [3.05, 3.63) is 89.2 Å². The van der Waals surface area contributed by atoms with E-state index < -0.39 is 40.9 Å². The number of benzene rings is 2. The molecule has 0 saturated heterocycles. The summed E-state index contributed by atoms with van der Waals surface area (Å²) >= 11 is 0. The van der Waals surface area contributed by atoms with Crippen molar-refractivity contribution in [1.82, 2.24) is 9.88 Å². The molecule has 1 saturated carbocycles. The van der Waals surface area contributed by atoms with Crippen LogP contribution in [-0.2, 0) is 17.4 Å². The molecule has 1 aliphatic carbocycles. The molecule has 36 heavy (non-hydrogen) atoms. The van der Waals surface area contributed by atoms with Crippen LogP contribution < -0.4 is 9.47 Å². The number of pyridine rings is 1. The van der Waals surface area contributed by atoms with E-state index in [-0.39, 0.29) is 17.1 Å². The van der Waals surface area contributed by atoms with Crippen molar-refractivity contribution < 1.29 is 32.9 Å². The molecule has 0 amide bonds. The Morgan fingerprint density at radius 2 is 1.72 bits per heavy atom. The third-order valence-corrected chi connectivity index (χ3v) is 7.39. The fraction of sp³-hybridized carbons (Fsp3) is 0.370. The molecule has 0 spiro atoms. The Hall–Kier alpha value is -3.14. The minimum Gasteiger partial charge on any atom is -0.495 e. The molecule has 1 aliphatic heterocycles. The fourth-order valence-electron chi connectivity index (χ4n) is 6.06. The van der Waals surface area contributed by atoms with Gasteiger partial charge in [0.2, 0.25) is 0 Å². The highest BCUT2D eigenvalue weighted by atomic mass is 19.4. The number of halogens is 3. The fourth-order valence-corrected chi connectivity index (χ4v) is 6.06. The van der Waals surface area contributed by atoms with Gasteiger partial charge in [0.05, 0.1) is 36.7 Å². The van der Waals surface area contributed by atoms with Crippen LogP contribution in [0.3, 0.4) is 0 Å². The van der Waals surface area contributed by atoms with Gasteiger partial charge in [0.1, 0.15) is 11.5 Å². The highest BCUT2D eigenvalue weighted by Gasteiger charge is 2.76. The monoisotopic (exact) mass is 500 g/mol. The number of hydrogen-bond acceptors (Lipinski definition) is 6. The quantitative estimate of drug-likeness (QED) is 0.553. The van der Waals surface area contributed by atoms with E-state index in [0.29, 0.717) is 12.1 Å². The van der Waals surface area contributed by atoms with Gasteiger partial charge >= 0.3 is 6.18 Å². The third kappa shape index (κ3) is 3.33. The molecule has 2 heterocycles. The van der Waals surface area contributed by atoms with Gasteiger partial charge in [-0.1, -0.05) is 42.5 Å². The highest BCUT2D eigenvalue weighted by Crippen LogP contribution is 2.69. The molecule has 3 aromatic rings. The Balaban J connectivity index is 1.83. The summed E-state index contributed by atoms with van der Waals surface area (Å²) in [6.45, 7) is 0.386. The number of methoxy groups -OCH3 is 1. The van der Waals surface area contributed by atoms with Gasteiger partial charge in [-0.05, 0) is 37.4 Å². The Bertz CT molecular complexity index is 1250. The van der Waals surface area contributed by atoms with Gasteiger partial charge in [0.25, 0.3) is 0 Å². The van der Waals surface area contributed by atoms with E-state index in [1.807, 2.05) is 49.3 Å². The number of alkyl halides is 3. The van der Waals surface area contributed by atoms with E-state index in [4.69, 9.17) is 9.47 Å². The first kappa shape index (κ1) is 24.5. The van der Waals surface area contributed by atoms with Crippen LogP contribution in [0.2, 0.25) is 0 Å². The van der Waals surface area contributed by atoms with Gasteiger partial charge in [-0.3, -0.25) is 4.98 Å². The molecule has 2 aliphatic rings. The second kappa shape index (κ2) is 8.47. The van der Waals surface area contributed by atoms with Gasteiger partial charge in [-0.25, -0.2) is 0 Å². The Kier molecular flexibility index (Phi) is 5.77. The molecule has 0 bridgehead atoms. The average Bonchev–Trinajstić information content (AvgIpc) is 3.22. The maximum Gasteiger partial charge on any atom is 0.416 e. The van der Waals surface area contributed by atoms with Gasteiger partial charge in [-0.2, -0.15) is 13.2 Å². The van der Waals surface area contributed by atoms with Crippen molar-refractivity contribution in [1.29, 1.82) is 0 Å². The molecule has 190 valence electrons. The Labute approximate surface area is 206 Å². The summed E-state index contributed by atoms with van der Waals surface area (Å²) in [4.78, 5) is 6.05. The standard InChI is InChI=1S/C27H27F3N2O4/c1-32(2)15-19-22(16-7-5-4-6-8-16)26(17-9-11-18(12-10-17)27(28,29)30)25(34,24(19)33)23-20(35-3)13-31-14-21(23)36-26/h4-14,19,22,24,33-34H,15H2,1-3H3. The molecule has 2 aromatic carbocycles. The lowest BCUT2D eigenvalue weighted by atomic mass is 9.70. The average molecular weight is 501 g/mol. The van der Waals surface area contributed by atoms with Crippen molar-refractivity contribution in [3.8, 4) is 11.5 Å². The summed E-state index contributed by atoms with van der Waals surface area (Å²) in [7, 11) is 5.14. The van der Waals surface area contributed by atoms with Crippen LogP contribution in [-0.4, -0.2) is 54.0 Å². The zero-order valence-electron chi connectivity index (χ0n) is 20.0. The summed E-state index contributed by atoms with van der Waals surface area (Å²) in [5.74, 6) is -0.740. The normalized spacial score (nSPS) is 29.1. The largest absolute Gasteiger partial charge is 0.495 e. The van der Waals surface area contributed by atoms with Crippen LogP contribution in [0.5, 0.6) is 11.5 Å². The van der Waals surface area contributed by atoms with Crippen molar-refractivity contribution in [2.75, 3.05) is 27.7 Å². The van der Waals surface area contributed by atoms with Crippen molar-refractivity contribution in [2.45, 2.75) is 29.4 Å².